The average molecular weight is 267 g/mol. The van der Waals surface area contributed by atoms with Crippen molar-refractivity contribution in [2.45, 2.75) is 19.9 Å². The maximum Gasteiger partial charge on any atom is 0.292 e. The third-order valence-electron chi connectivity index (χ3n) is 2.90. The molecule has 0 aliphatic carbocycles. The molecule has 0 aromatic heterocycles. The van der Waals surface area contributed by atoms with Crippen LogP contribution in [-0.4, -0.2) is 47.2 Å². The van der Waals surface area contributed by atoms with Crippen LogP contribution in [0, 0.1) is 10.1 Å². The number of nitrogens with one attached hydrogen (secondary N) is 1. The Labute approximate surface area is 113 Å². The van der Waals surface area contributed by atoms with Crippen molar-refractivity contribution >= 4 is 11.4 Å². The third-order valence-corrected chi connectivity index (χ3v) is 2.90. The monoisotopic (exact) mass is 267 g/mol. The minimum absolute atomic E-state index is 0.0626. The van der Waals surface area contributed by atoms with E-state index >= 15 is 0 Å². The van der Waals surface area contributed by atoms with Crippen LogP contribution in [0.25, 0.3) is 0 Å². The highest BCUT2D eigenvalue weighted by Gasteiger charge is 2.15. The second-order valence-electron chi connectivity index (χ2n) is 4.44. The number of benzene rings is 1. The summed E-state index contributed by atoms with van der Waals surface area (Å²) in [5.74, 6) is 0. The molecule has 19 heavy (non-hydrogen) atoms. The Kier molecular flexibility index (Phi) is 6.24. The average Bonchev–Trinajstić information content (AvgIpc) is 2.38. The van der Waals surface area contributed by atoms with Crippen molar-refractivity contribution in [3.8, 4) is 0 Å². The smallest absolute Gasteiger partial charge is 0.292 e. The molecule has 1 aromatic carbocycles. The fourth-order valence-electron chi connectivity index (χ4n) is 1.97. The Morgan fingerprint density at radius 2 is 2.16 bits per heavy atom. The number of anilines is 1. The molecule has 1 unspecified atom stereocenters. The number of hydrogen-bond donors (Lipinski definition) is 2. The van der Waals surface area contributed by atoms with E-state index in [1.54, 1.807) is 18.2 Å². The molecule has 0 bridgehead atoms. The molecule has 6 heteroatoms. The molecular formula is C13H21N3O3. The number of nitro groups is 1. The van der Waals surface area contributed by atoms with Gasteiger partial charge in [-0.3, -0.25) is 15.0 Å². The van der Waals surface area contributed by atoms with Crippen LogP contribution in [0.2, 0.25) is 0 Å². The van der Waals surface area contributed by atoms with Crippen molar-refractivity contribution in [3.05, 3.63) is 34.4 Å². The van der Waals surface area contributed by atoms with Crippen molar-refractivity contribution in [3.63, 3.8) is 0 Å². The number of aliphatic hydroxyl groups excluding tert-OH is 1. The SMILES string of the molecule is CCN(CCO)CC(C)Nc1ccccc1[N+](=O)[O-]. The van der Waals surface area contributed by atoms with Gasteiger partial charge in [0.2, 0.25) is 0 Å². The molecule has 0 heterocycles. The highest BCUT2D eigenvalue weighted by Crippen LogP contribution is 2.23. The van der Waals surface area contributed by atoms with Crippen molar-refractivity contribution < 1.29 is 10.0 Å². The number of hydrogen-bond acceptors (Lipinski definition) is 5. The van der Waals surface area contributed by atoms with Gasteiger partial charge in [0.1, 0.15) is 5.69 Å². The Morgan fingerprint density at radius 1 is 1.47 bits per heavy atom. The quantitative estimate of drug-likeness (QED) is 0.553. The van der Waals surface area contributed by atoms with Crippen LogP contribution in [0.3, 0.4) is 0 Å². The number of nitro benzene ring substituents is 1. The molecule has 0 saturated carbocycles. The summed E-state index contributed by atoms with van der Waals surface area (Å²) in [6, 6.07) is 6.68. The van der Waals surface area contributed by atoms with Crippen LogP contribution >= 0.6 is 0 Å². The van der Waals surface area contributed by atoms with Gasteiger partial charge in [-0.25, -0.2) is 0 Å². The summed E-state index contributed by atoms with van der Waals surface area (Å²) in [6.45, 7) is 6.28. The van der Waals surface area contributed by atoms with Crippen LogP contribution in [0.4, 0.5) is 11.4 Å². The van der Waals surface area contributed by atoms with Crippen molar-refractivity contribution in [2.24, 2.45) is 0 Å². The second kappa shape index (κ2) is 7.70. The molecule has 2 N–H and O–H groups in total. The fraction of sp³-hybridized carbons (Fsp3) is 0.538. The molecule has 1 rings (SSSR count). The van der Waals surface area contributed by atoms with Gasteiger partial charge in [0.25, 0.3) is 5.69 Å². The summed E-state index contributed by atoms with van der Waals surface area (Å²) in [5.41, 5.74) is 0.611. The largest absolute Gasteiger partial charge is 0.395 e. The van der Waals surface area contributed by atoms with Crippen molar-refractivity contribution in [2.75, 3.05) is 31.6 Å². The Hall–Kier alpha value is -1.66. The van der Waals surface area contributed by atoms with Crippen LogP contribution in [0.5, 0.6) is 0 Å². The van der Waals surface area contributed by atoms with Gasteiger partial charge in [-0.2, -0.15) is 0 Å². The Bertz CT molecular complexity index is 412. The summed E-state index contributed by atoms with van der Waals surface area (Å²) in [5, 5.41) is 23.0. The molecule has 0 spiro atoms. The van der Waals surface area contributed by atoms with Gasteiger partial charge in [-0.1, -0.05) is 19.1 Å². The molecule has 0 radical (unpaired) electrons. The molecule has 0 aliphatic heterocycles. The molecule has 1 aromatic rings. The summed E-state index contributed by atoms with van der Waals surface area (Å²) in [7, 11) is 0. The summed E-state index contributed by atoms with van der Waals surface area (Å²) in [4.78, 5) is 12.6. The topological polar surface area (TPSA) is 78.6 Å². The fourth-order valence-corrected chi connectivity index (χ4v) is 1.97. The molecule has 0 aliphatic rings. The van der Waals surface area contributed by atoms with Crippen molar-refractivity contribution in [1.82, 2.24) is 4.90 Å². The van der Waals surface area contributed by atoms with Gasteiger partial charge < -0.3 is 10.4 Å². The number of rotatable bonds is 8. The molecule has 0 saturated heterocycles. The van der Waals surface area contributed by atoms with Crippen LogP contribution in [0.15, 0.2) is 24.3 Å². The first kappa shape index (κ1) is 15.4. The first-order valence-electron chi connectivity index (χ1n) is 6.41. The zero-order valence-corrected chi connectivity index (χ0v) is 11.4. The lowest BCUT2D eigenvalue weighted by atomic mass is 10.2. The van der Waals surface area contributed by atoms with E-state index in [4.69, 9.17) is 5.11 Å². The Balaban J connectivity index is 2.66. The normalized spacial score (nSPS) is 12.4. The van der Waals surface area contributed by atoms with Gasteiger partial charge in [-0.15, -0.1) is 0 Å². The van der Waals surface area contributed by atoms with Gasteiger partial charge in [0.15, 0.2) is 0 Å². The first-order chi connectivity index (χ1) is 9.08. The van der Waals surface area contributed by atoms with Gasteiger partial charge in [-0.05, 0) is 19.5 Å². The third kappa shape index (κ3) is 4.84. The van der Waals surface area contributed by atoms with Gasteiger partial charge in [0, 0.05) is 25.2 Å². The summed E-state index contributed by atoms with van der Waals surface area (Å²) >= 11 is 0. The summed E-state index contributed by atoms with van der Waals surface area (Å²) < 4.78 is 0. The predicted octanol–water partition coefficient (Wildman–Crippen LogP) is 1.71. The number of nitrogens with zero attached hydrogens (tertiary/aromatic N) is 2. The van der Waals surface area contributed by atoms with Crippen LogP contribution < -0.4 is 5.32 Å². The van der Waals surface area contributed by atoms with E-state index in [1.165, 1.54) is 6.07 Å². The van der Waals surface area contributed by atoms with Gasteiger partial charge in [0.05, 0.1) is 11.5 Å². The molecule has 0 fully saturated rings. The minimum Gasteiger partial charge on any atom is -0.395 e. The second-order valence-corrected chi connectivity index (χ2v) is 4.44. The molecule has 0 amide bonds. The minimum atomic E-state index is -0.389. The van der Waals surface area contributed by atoms with E-state index in [2.05, 4.69) is 10.2 Å². The lowest BCUT2D eigenvalue weighted by molar-refractivity contribution is -0.384. The molecule has 106 valence electrons. The predicted molar refractivity (Wildman–Crippen MR) is 75.4 cm³/mol. The molecule has 6 nitrogen and oxygen atoms in total. The van der Waals surface area contributed by atoms with E-state index in [1.807, 2.05) is 13.8 Å². The summed E-state index contributed by atoms with van der Waals surface area (Å²) in [6.07, 6.45) is 0. The number of likely N-dealkylation sites (N-methyl/N-ethyl adjacent to an activating group) is 1. The number of para-hydroxylation sites is 2. The lowest BCUT2D eigenvalue weighted by Crippen LogP contribution is -2.36. The van der Waals surface area contributed by atoms with Crippen LogP contribution in [0.1, 0.15) is 13.8 Å². The molecule has 1 atom stereocenters. The molecular weight excluding hydrogens is 246 g/mol. The van der Waals surface area contributed by atoms with E-state index < -0.39 is 0 Å². The zero-order chi connectivity index (χ0) is 14.3. The van der Waals surface area contributed by atoms with E-state index in [9.17, 15) is 10.1 Å². The van der Waals surface area contributed by atoms with E-state index in [0.717, 1.165) is 13.1 Å². The lowest BCUT2D eigenvalue weighted by Gasteiger charge is -2.24. The van der Waals surface area contributed by atoms with E-state index in [0.29, 0.717) is 12.2 Å². The van der Waals surface area contributed by atoms with Crippen molar-refractivity contribution in [1.29, 1.82) is 0 Å². The zero-order valence-electron chi connectivity index (χ0n) is 11.4. The highest BCUT2D eigenvalue weighted by atomic mass is 16.6. The standard InChI is InChI=1S/C13H21N3O3/c1-3-15(8-9-17)10-11(2)14-12-6-4-5-7-13(12)16(18)19/h4-7,11,14,17H,3,8-10H2,1-2H3. The number of aliphatic hydroxyl groups is 1. The van der Waals surface area contributed by atoms with Crippen LogP contribution in [-0.2, 0) is 0 Å². The van der Waals surface area contributed by atoms with E-state index in [-0.39, 0.29) is 23.3 Å². The first-order valence-corrected chi connectivity index (χ1v) is 6.41. The highest BCUT2D eigenvalue weighted by molar-refractivity contribution is 5.61. The van der Waals surface area contributed by atoms with Gasteiger partial charge >= 0.3 is 0 Å². The maximum absolute atomic E-state index is 10.9. The maximum atomic E-state index is 10.9. The Morgan fingerprint density at radius 3 is 2.74 bits per heavy atom.